The summed E-state index contributed by atoms with van der Waals surface area (Å²) in [5.41, 5.74) is 2.46. The van der Waals surface area contributed by atoms with E-state index >= 15 is 0 Å². The molecule has 0 aliphatic carbocycles. The van der Waals surface area contributed by atoms with Crippen molar-refractivity contribution in [3.8, 4) is 0 Å². The summed E-state index contributed by atoms with van der Waals surface area (Å²) in [4.78, 5) is 24.0. The van der Waals surface area contributed by atoms with Gasteiger partial charge in [-0.05, 0) is 36.1 Å². The van der Waals surface area contributed by atoms with Crippen molar-refractivity contribution in [3.05, 3.63) is 71.3 Å². The topological polar surface area (TPSA) is 69.2 Å². The van der Waals surface area contributed by atoms with Crippen LogP contribution in [0.4, 0.5) is 0 Å². The minimum Gasteiger partial charge on any atom is -0.408 e. The standard InChI is InChI=1S/C21H21N3O3/c25-20(11-15-24-18-8-3-4-9-19(18)27-21(24)26)22-12-5-13-23-14-10-16-6-1-2-7-17(16)23/h1-4,6-10,14H,5,11-13,15H2,(H,22,25). The Morgan fingerprint density at radius 1 is 0.963 bits per heavy atom. The number of amides is 1. The number of nitrogens with one attached hydrogen (secondary N) is 1. The lowest BCUT2D eigenvalue weighted by Crippen LogP contribution is -2.27. The molecule has 0 aliphatic rings. The van der Waals surface area contributed by atoms with E-state index in [0.29, 0.717) is 18.7 Å². The van der Waals surface area contributed by atoms with Gasteiger partial charge in [-0.2, -0.15) is 0 Å². The van der Waals surface area contributed by atoms with Crippen molar-refractivity contribution in [2.45, 2.75) is 25.9 Å². The predicted octanol–water partition coefficient (Wildman–Crippen LogP) is 3.15. The third-order valence-electron chi connectivity index (χ3n) is 4.71. The minimum atomic E-state index is -0.427. The van der Waals surface area contributed by atoms with Crippen LogP contribution in [-0.4, -0.2) is 21.6 Å². The van der Waals surface area contributed by atoms with Gasteiger partial charge in [-0.1, -0.05) is 30.3 Å². The Hall–Kier alpha value is -3.28. The molecular weight excluding hydrogens is 342 g/mol. The van der Waals surface area contributed by atoms with Crippen molar-refractivity contribution in [2.75, 3.05) is 6.54 Å². The molecule has 0 radical (unpaired) electrons. The zero-order valence-electron chi connectivity index (χ0n) is 14.9. The molecule has 4 aromatic rings. The largest absolute Gasteiger partial charge is 0.419 e. The molecule has 0 spiro atoms. The van der Waals surface area contributed by atoms with Gasteiger partial charge in [0.05, 0.1) is 5.52 Å². The number of nitrogens with zero attached hydrogens (tertiary/aromatic N) is 2. The maximum atomic E-state index is 12.1. The molecule has 2 aromatic heterocycles. The number of carbonyl (C=O) groups is 1. The molecule has 138 valence electrons. The fourth-order valence-corrected chi connectivity index (χ4v) is 3.34. The van der Waals surface area contributed by atoms with E-state index in [4.69, 9.17) is 4.42 Å². The first-order valence-corrected chi connectivity index (χ1v) is 9.11. The second-order valence-corrected chi connectivity index (χ2v) is 6.51. The number of benzene rings is 2. The van der Waals surface area contributed by atoms with Crippen molar-refractivity contribution in [1.29, 1.82) is 0 Å². The van der Waals surface area contributed by atoms with E-state index in [2.05, 4.69) is 34.3 Å². The van der Waals surface area contributed by atoms with Crippen molar-refractivity contribution < 1.29 is 9.21 Å². The second-order valence-electron chi connectivity index (χ2n) is 6.51. The number of rotatable bonds is 7. The number of hydrogen-bond donors (Lipinski definition) is 1. The smallest absolute Gasteiger partial charge is 0.408 e. The summed E-state index contributed by atoms with van der Waals surface area (Å²) < 4.78 is 8.87. The van der Waals surface area contributed by atoms with Crippen LogP contribution in [0.2, 0.25) is 0 Å². The lowest BCUT2D eigenvalue weighted by Gasteiger charge is -2.08. The SMILES string of the molecule is O=C(CCn1c(=O)oc2ccccc21)NCCCn1ccc2ccccc21. The van der Waals surface area contributed by atoms with Gasteiger partial charge in [0, 0.05) is 37.8 Å². The molecule has 0 atom stereocenters. The predicted molar refractivity (Wildman–Crippen MR) is 105 cm³/mol. The number of aromatic nitrogens is 2. The molecular formula is C21H21N3O3. The van der Waals surface area contributed by atoms with Gasteiger partial charge in [0.1, 0.15) is 0 Å². The van der Waals surface area contributed by atoms with E-state index in [0.717, 1.165) is 18.5 Å². The first-order valence-electron chi connectivity index (χ1n) is 9.11. The van der Waals surface area contributed by atoms with Crippen molar-refractivity contribution in [1.82, 2.24) is 14.5 Å². The Bertz CT molecular complexity index is 1140. The number of para-hydroxylation sites is 3. The minimum absolute atomic E-state index is 0.0652. The summed E-state index contributed by atoms with van der Waals surface area (Å²) in [7, 11) is 0. The zero-order valence-corrected chi connectivity index (χ0v) is 14.9. The third kappa shape index (κ3) is 3.65. The lowest BCUT2D eigenvalue weighted by atomic mass is 10.2. The highest BCUT2D eigenvalue weighted by Gasteiger charge is 2.10. The molecule has 0 saturated heterocycles. The normalized spacial score (nSPS) is 11.3. The highest BCUT2D eigenvalue weighted by molar-refractivity contribution is 5.80. The van der Waals surface area contributed by atoms with Crippen molar-refractivity contribution in [3.63, 3.8) is 0 Å². The summed E-state index contributed by atoms with van der Waals surface area (Å²) in [6.45, 7) is 1.76. The fourth-order valence-electron chi connectivity index (χ4n) is 3.34. The van der Waals surface area contributed by atoms with Crippen molar-refractivity contribution in [2.24, 2.45) is 0 Å². The quantitative estimate of drug-likeness (QED) is 0.513. The maximum absolute atomic E-state index is 12.1. The van der Waals surface area contributed by atoms with E-state index in [1.165, 1.54) is 15.5 Å². The number of oxazole rings is 1. The van der Waals surface area contributed by atoms with Gasteiger partial charge in [0.25, 0.3) is 0 Å². The van der Waals surface area contributed by atoms with E-state index in [9.17, 15) is 9.59 Å². The summed E-state index contributed by atoms with van der Waals surface area (Å²) in [6.07, 6.45) is 3.16. The Balaban J connectivity index is 1.26. The summed E-state index contributed by atoms with van der Waals surface area (Å²) in [6, 6.07) is 17.6. The number of hydrogen-bond acceptors (Lipinski definition) is 3. The van der Waals surface area contributed by atoms with Crippen LogP contribution in [0, 0.1) is 0 Å². The van der Waals surface area contributed by atoms with Crippen LogP contribution >= 0.6 is 0 Å². The Morgan fingerprint density at radius 2 is 1.74 bits per heavy atom. The van der Waals surface area contributed by atoms with Crippen molar-refractivity contribution >= 4 is 27.9 Å². The van der Waals surface area contributed by atoms with Gasteiger partial charge in [0.15, 0.2) is 5.58 Å². The van der Waals surface area contributed by atoms with Gasteiger partial charge >= 0.3 is 5.76 Å². The maximum Gasteiger partial charge on any atom is 0.419 e. The Kier molecular flexibility index (Phi) is 4.78. The molecule has 0 unspecified atom stereocenters. The Morgan fingerprint density at radius 3 is 2.63 bits per heavy atom. The van der Waals surface area contributed by atoms with E-state index < -0.39 is 5.76 Å². The molecule has 1 N–H and O–H groups in total. The summed E-state index contributed by atoms with van der Waals surface area (Å²) >= 11 is 0. The van der Waals surface area contributed by atoms with E-state index in [-0.39, 0.29) is 12.3 Å². The third-order valence-corrected chi connectivity index (χ3v) is 4.71. The molecule has 0 bridgehead atoms. The van der Waals surface area contributed by atoms with Crippen LogP contribution in [0.25, 0.3) is 22.0 Å². The first kappa shape index (κ1) is 17.1. The molecule has 0 fully saturated rings. The molecule has 27 heavy (non-hydrogen) atoms. The number of carbonyl (C=O) groups excluding carboxylic acids is 1. The first-order chi connectivity index (χ1) is 13.2. The molecule has 4 rings (SSSR count). The fraction of sp³-hybridized carbons (Fsp3) is 0.238. The van der Waals surface area contributed by atoms with Crippen LogP contribution in [0.15, 0.2) is 70.0 Å². The van der Waals surface area contributed by atoms with E-state index in [1.54, 1.807) is 6.07 Å². The zero-order chi connectivity index (χ0) is 18.6. The monoisotopic (exact) mass is 363 g/mol. The second kappa shape index (κ2) is 7.53. The highest BCUT2D eigenvalue weighted by Crippen LogP contribution is 2.15. The average molecular weight is 363 g/mol. The molecule has 2 heterocycles. The molecule has 2 aromatic carbocycles. The van der Waals surface area contributed by atoms with Crippen LogP contribution in [0.3, 0.4) is 0 Å². The highest BCUT2D eigenvalue weighted by atomic mass is 16.4. The molecule has 0 aliphatic heterocycles. The van der Waals surface area contributed by atoms with Gasteiger partial charge in [-0.25, -0.2) is 4.79 Å². The lowest BCUT2D eigenvalue weighted by molar-refractivity contribution is -0.121. The van der Waals surface area contributed by atoms with Gasteiger partial charge in [-0.15, -0.1) is 0 Å². The molecule has 1 amide bonds. The summed E-state index contributed by atoms with van der Waals surface area (Å²) in [5.74, 6) is -0.493. The average Bonchev–Trinajstić information content (AvgIpc) is 3.24. The van der Waals surface area contributed by atoms with Crippen LogP contribution < -0.4 is 11.1 Å². The van der Waals surface area contributed by atoms with Crippen LogP contribution in [0.5, 0.6) is 0 Å². The van der Waals surface area contributed by atoms with Gasteiger partial charge < -0.3 is 14.3 Å². The van der Waals surface area contributed by atoms with Gasteiger partial charge in [-0.3, -0.25) is 9.36 Å². The molecule has 0 saturated carbocycles. The molecule has 6 nitrogen and oxygen atoms in total. The van der Waals surface area contributed by atoms with E-state index in [1.807, 2.05) is 30.3 Å². The summed E-state index contributed by atoms with van der Waals surface area (Å²) in [5, 5.41) is 4.15. The van der Waals surface area contributed by atoms with Crippen LogP contribution in [-0.2, 0) is 17.9 Å². The van der Waals surface area contributed by atoms with Crippen LogP contribution in [0.1, 0.15) is 12.8 Å². The number of aryl methyl sites for hydroxylation is 2. The van der Waals surface area contributed by atoms with Gasteiger partial charge in [0.2, 0.25) is 5.91 Å². The Labute approximate surface area is 156 Å². The molecule has 6 heteroatoms. The number of fused-ring (bicyclic) bond motifs is 2.